The van der Waals surface area contributed by atoms with E-state index in [9.17, 15) is 9.59 Å². The van der Waals surface area contributed by atoms with Crippen LogP contribution >= 0.6 is 0 Å². The minimum Gasteiger partial charge on any atom is -0.355 e. The Morgan fingerprint density at radius 2 is 2.09 bits per heavy atom. The smallest absolute Gasteiger partial charge is 0.224 e. The number of amides is 2. The molecule has 1 saturated heterocycles. The molecule has 2 amide bonds. The summed E-state index contributed by atoms with van der Waals surface area (Å²) in [5.74, 6) is 0.307. The Hall–Kier alpha value is -1.78. The number of hydrogen-bond donors (Lipinski definition) is 1. The second-order valence-corrected chi connectivity index (χ2v) is 6.87. The Kier molecular flexibility index (Phi) is 5.03. The molecule has 126 valence electrons. The first-order valence-corrected chi connectivity index (χ1v) is 8.82. The van der Waals surface area contributed by atoms with Crippen LogP contribution in [0.15, 0.2) is 18.3 Å². The molecule has 0 aromatic carbocycles. The predicted molar refractivity (Wildman–Crippen MR) is 88.8 cm³/mol. The zero-order valence-corrected chi connectivity index (χ0v) is 14.0. The van der Waals surface area contributed by atoms with Gasteiger partial charge in [-0.15, -0.1) is 0 Å². The average molecular weight is 317 g/mol. The number of carbonyl (C=O) groups is 2. The van der Waals surface area contributed by atoms with E-state index in [0.717, 1.165) is 19.3 Å². The van der Waals surface area contributed by atoms with Crippen LogP contribution in [0.25, 0.3) is 0 Å². The SMILES string of the molecule is Cn1cccc1CCNC(=O)C1CCC(=O)N(C2CCCC2)C1. The molecule has 2 heterocycles. The number of nitrogens with zero attached hydrogens (tertiary/aromatic N) is 2. The van der Waals surface area contributed by atoms with Gasteiger partial charge in [0.15, 0.2) is 0 Å². The van der Waals surface area contributed by atoms with E-state index in [1.165, 1.54) is 18.5 Å². The highest BCUT2D eigenvalue weighted by Crippen LogP contribution is 2.28. The number of nitrogens with one attached hydrogen (secondary N) is 1. The summed E-state index contributed by atoms with van der Waals surface area (Å²) in [5, 5.41) is 3.05. The van der Waals surface area contributed by atoms with Crippen molar-refractivity contribution in [2.24, 2.45) is 13.0 Å². The number of aromatic nitrogens is 1. The van der Waals surface area contributed by atoms with Gasteiger partial charge in [0.05, 0.1) is 5.92 Å². The summed E-state index contributed by atoms with van der Waals surface area (Å²) in [4.78, 5) is 26.6. The van der Waals surface area contributed by atoms with Crippen molar-refractivity contribution in [3.05, 3.63) is 24.0 Å². The largest absolute Gasteiger partial charge is 0.355 e. The molecule has 5 heteroatoms. The van der Waals surface area contributed by atoms with Crippen LogP contribution in [0.1, 0.15) is 44.2 Å². The molecule has 3 rings (SSSR count). The van der Waals surface area contributed by atoms with Gasteiger partial charge in [0, 0.05) is 50.9 Å². The molecule has 1 saturated carbocycles. The van der Waals surface area contributed by atoms with Crippen molar-refractivity contribution < 1.29 is 9.59 Å². The minimum absolute atomic E-state index is 0.0401. The van der Waals surface area contributed by atoms with Gasteiger partial charge >= 0.3 is 0 Å². The molecular weight excluding hydrogens is 290 g/mol. The Balaban J connectivity index is 1.49. The number of likely N-dealkylation sites (tertiary alicyclic amines) is 1. The average Bonchev–Trinajstić information content (AvgIpc) is 3.20. The molecule has 5 nitrogen and oxygen atoms in total. The van der Waals surface area contributed by atoms with E-state index in [-0.39, 0.29) is 17.7 Å². The topological polar surface area (TPSA) is 54.3 Å². The molecule has 0 radical (unpaired) electrons. The molecule has 1 aromatic heterocycles. The van der Waals surface area contributed by atoms with Crippen LogP contribution in [0.2, 0.25) is 0 Å². The quantitative estimate of drug-likeness (QED) is 0.901. The standard InChI is InChI=1S/C18H27N3O2/c1-20-12-4-7-15(20)10-11-19-18(23)14-8-9-17(22)21(13-14)16-5-2-3-6-16/h4,7,12,14,16H,2-3,5-6,8-11,13H2,1H3,(H,19,23). The van der Waals surface area contributed by atoms with Crippen LogP contribution < -0.4 is 5.32 Å². The molecule has 2 aliphatic rings. The number of piperidine rings is 1. The van der Waals surface area contributed by atoms with E-state index >= 15 is 0 Å². The van der Waals surface area contributed by atoms with Gasteiger partial charge in [0.1, 0.15) is 0 Å². The van der Waals surface area contributed by atoms with E-state index in [1.807, 2.05) is 24.2 Å². The third-order valence-corrected chi connectivity index (χ3v) is 5.31. The van der Waals surface area contributed by atoms with E-state index in [0.29, 0.717) is 32.0 Å². The molecule has 1 aromatic rings. The summed E-state index contributed by atoms with van der Waals surface area (Å²) >= 11 is 0. The molecule has 1 unspecified atom stereocenters. The Labute approximate surface area is 138 Å². The first kappa shape index (κ1) is 16.1. The van der Waals surface area contributed by atoms with Crippen LogP contribution in [0.5, 0.6) is 0 Å². The highest BCUT2D eigenvalue weighted by Gasteiger charge is 2.34. The predicted octanol–water partition coefficient (Wildman–Crippen LogP) is 1.86. The summed E-state index contributed by atoms with van der Waals surface area (Å²) in [6.45, 7) is 1.27. The fourth-order valence-electron chi connectivity index (χ4n) is 3.87. The third kappa shape index (κ3) is 3.77. The van der Waals surface area contributed by atoms with Crippen molar-refractivity contribution in [3.63, 3.8) is 0 Å². The van der Waals surface area contributed by atoms with Crippen molar-refractivity contribution >= 4 is 11.8 Å². The van der Waals surface area contributed by atoms with Gasteiger partial charge in [0.2, 0.25) is 11.8 Å². The first-order chi connectivity index (χ1) is 11.1. The Morgan fingerprint density at radius 1 is 1.30 bits per heavy atom. The number of aryl methyl sites for hydroxylation is 1. The van der Waals surface area contributed by atoms with Crippen LogP contribution in [-0.4, -0.2) is 40.4 Å². The minimum atomic E-state index is -0.0401. The lowest BCUT2D eigenvalue weighted by atomic mass is 9.95. The van der Waals surface area contributed by atoms with Crippen molar-refractivity contribution in [2.75, 3.05) is 13.1 Å². The van der Waals surface area contributed by atoms with Gasteiger partial charge < -0.3 is 14.8 Å². The zero-order chi connectivity index (χ0) is 16.2. The van der Waals surface area contributed by atoms with Gasteiger partial charge in [-0.05, 0) is 31.4 Å². The van der Waals surface area contributed by atoms with Crippen molar-refractivity contribution in [1.29, 1.82) is 0 Å². The zero-order valence-electron chi connectivity index (χ0n) is 14.0. The maximum atomic E-state index is 12.4. The molecule has 1 aliphatic heterocycles. The number of rotatable bonds is 5. The second kappa shape index (κ2) is 7.20. The van der Waals surface area contributed by atoms with Gasteiger partial charge in [-0.2, -0.15) is 0 Å². The summed E-state index contributed by atoms with van der Waals surface area (Å²) in [6, 6.07) is 4.47. The molecule has 2 fully saturated rings. The molecule has 0 bridgehead atoms. The third-order valence-electron chi connectivity index (χ3n) is 5.31. The Bertz CT molecular complexity index is 560. The highest BCUT2D eigenvalue weighted by molar-refractivity contribution is 5.84. The molecule has 1 aliphatic carbocycles. The normalized spacial score (nSPS) is 22.6. The van der Waals surface area contributed by atoms with Crippen molar-refractivity contribution in [1.82, 2.24) is 14.8 Å². The highest BCUT2D eigenvalue weighted by atomic mass is 16.2. The van der Waals surface area contributed by atoms with Crippen LogP contribution in [0, 0.1) is 5.92 Å². The van der Waals surface area contributed by atoms with Crippen molar-refractivity contribution in [2.45, 2.75) is 51.0 Å². The lowest BCUT2D eigenvalue weighted by Crippen LogP contribution is -2.49. The fourth-order valence-corrected chi connectivity index (χ4v) is 3.87. The molecular formula is C18H27N3O2. The summed E-state index contributed by atoms with van der Waals surface area (Å²) in [5.41, 5.74) is 1.22. The molecule has 23 heavy (non-hydrogen) atoms. The first-order valence-electron chi connectivity index (χ1n) is 8.82. The summed E-state index contributed by atoms with van der Waals surface area (Å²) in [6.07, 6.45) is 8.70. The second-order valence-electron chi connectivity index (χ2n) is 6.87. The summed E-state index contributed by atoms with van der Waals surface area (Å²) in [7, 11) is 2.02. The number of hydrogen-bond acceptors (Lipinski definition) is 2. The van der Waals surface area contributed by atoms with Gasteiger partial charge in [-0.3, -0.25) is 9.59 Å². The maximum absolute atomic E-state index is 12.4. The van der Waals surface area contributed by atoms with Crippen LogP contribution in [0.3, 0.4) is 0 Å². The van der Waals surface area contributed by atoms with Crippen LogP contribution in [-0.2, 0) is 23.1 Å². The van der Waals surface area contributed by atoms with Gasteiger partial charge in [-0.25, -0.2) is 0 Å². The lowest BCUT2D eigenvalue weighted by molar-refractivity contribution is -0.140. The molecule has 0 spiro atoms. The van der Waals surface area contributed by atoms with E-state index in [1.54, 1.807) is 0 Å². The van der Waals surface area contributed by atoms with E-state index < -0.39 is 0 Å². The van der Waals surface area contributed by atoms with E-state index in [4.69, 9.17) is 0 Å². The number of carbonyl (C=O) groups excluding carboxylic acids is 2. The van der Waals surface area contributed by atoms with E-state index in [2.05, 4.69) is 16.0 Å². The van der Waals surface area contributed by atoms with Gasteiger partial charge in [0.25, 0.3) is 0 Å². The van der Waals surface area contributed by atoms with Crippen molar-refractivity contribution in [3.8, 4) is 0 Å². The van der Waals surface area contributed by atoms with Gasteiger partial charge in [-0.1, -0.05) is 12.8 Å². The Morgan fingerprint density at radius 3 is 2.78 bits per heavy atom. The monoisotopic (exact) mass is 317 g/mol. The maximum Gasteiger partial charge on any atom is 0.224 e. The molecule has 1 N–H and O–H groups in total. The lowest BCUT2D eigenvalue weighted by Gasteiger charge is -2.36. The summed E-state index contributed by atoms with van der Waals surface area (Å²) < 4.78 is 2.08. The molecule has 1 atom stereocenters. The van der Waals surface area contributed by atoms with Crippen LogP contribution in [0.4, 0.5) is 0 Å². The fraction of sp³-hybridized carbons (Fsp3) is 0.667.